The van der Waals surface area contributed by atoms with E-state index in [0.29, 0.717) is 37.2 Å². The molecule has 1 aliphatic carbocycles. The van der Waals surface area contributed by atoms with E-state index in [1.165, 1.54) is 30.7 Å². The van der Waals surface area contributed by atoms with Gasteiger partial charge in [0, 0.05) is 13.1 Å². The average Bonchev–Trinajstić information content (AvgIpc) is 3.54. The second-order valence-corrected chi connectivity index (χ2v) is 8.41. The molecule has 1 amide bonds. The van der Waals surface area contributed by atoms with Gasteiger partial charge in [-0.15, -0.1) is 0 Å². The van der Waals surface area contributed by atoms with E-state index in [4.69, 9.17) is 4.42 Å². The molecule has 0 spiro atoms. The number of hydrogen-bond acceptors (Lipinski definition) is 6. The molecule has 3 aromatic rings. The minimum absolute atomic E-state index is 0.152. The molecule has 3 heterocycles. The number of hydrogen-bond donors (Lipinski definition) is 1. The van der Waals surface area contributed by atoms with Crippen molar-refractivity contribution in [2.45, 2.75) is 31.0 Å². The first kappa shape index (κ1) is 21.4. The molecule has 2 bridgehead atoms. The van der Waals surface area contributed by atoms with E-state index in [2.05, 4.69) is 20.3 Å². The third-order valence-corrected chi connectivity index (χ3v) is 6.36. The van der Waals surface area contributed by atoms with Crippen molar-refractivity contribution in [2.75, 3.05) is 18.4 Å². The van der Waals surface area contributed by atoms with Crippen LogP contribution in [0.15, 0.2) is 47.5 Å². The van der Waals surface area contributed by atoms with Gasteiger partial charge in [0.1, 0.15) is 17.9 Å². The molecule has 2 aliphatic rings. The molecule has 2 atom stereocenters. The first-order valence-corrected chi connectivity index (χ1v) is 10.4. The zero-order chi connectivity index (χ0) is 23.2. The number of amides is 1. The number of anilines is 1. The molecule has 1 saturated heterocycles. The molecule has 172 valence electrons. The van der Waals surface area contributed by atoms with E-state index in [0.717, 1.165) is 19.0 Å². The Morgan fingerprint density at radius 2 is 2.09 bits per heavy atom. The Balaban J connectivity index is 1.39. The highest BCUT2D eigenvalue weighted by Crippen LogP contribution is 2.47. The van der Waals surface area contributed by atoms with Gasteiger partial charge in [-0.25, -0.2) is 19.3 Å². The van der Waals surface area contributed by atoms with E-state index in [-0.39, 0.29) is 23.2 Å². The molecule has 0 radical (unpaired) electrons. The Kier molecular flexibility index (Phi) is 5.06. The van der Waals surface area contributed by atoms with E-state index in [1.807, 2.05) is 0 Å². The Morgan fingerprint density at radius 1 is 1.24 bits per heavy atom. The summed E-state index contributed by atoms with van der Waals surface area (Å²) in [5.41, 5.74) is -1.09. The van der Waals surface area contributed by atoms with Crippen molar-refractivity contribution in [3.8, 4) is 11.5 Å². The number of nitrogens with one attached hydrogen (secondary N) is 1. The maximum absolute atomic E-state index is 14.1. The SMILES string of the molecule is O=C(c1cc(F)ccc1-c1ncco1)N1CC2CCC1(CNc1cnc(C(F)(F)F)cn1)C2. The van der Waals surface area contributed by atoms with Gasteiger partial charge in [0.2, 0.25) is 5.89 Å². The molecule has 1 saturated carbocycles. The minimum Gasteiger partial charge on any atom is -0.445 e. The number of aromatic nitrogens is 3. The predicted octanol–water partition coefficient (Wildman–Crippen LogP) is 4.40. The molecule has 1 N–H and O–H groups in total. The van der Waals surface area contributed by atoms with Gasteiger partial charge < -0.3 is 14.6 Å². The summed E-state index contributed by atoms with van der Waals surface area (Å²) < 4.78 is 57.6. The highest BCUT2D eigenvalue weighted by atomic mass is 19.4. The fraction of sp³-hybridized carbons (Fsp3) is 0.364. The smallest absolute Gasteiger partial charge is 0.434 e. The van der Waals surface area contributed by atoms with Crippen LogP contribution in [-0.2, 0) is 6.18 Å². The normalized spacial score (nSPS) is 22.1. The summed E-state index contributed by atoms with van der Waals surface area (Å²) in [4.78, 5) is 26.6. The van der Waals surface area contributed by atoms with Crippen LogP contribution in [-0.4, -0.2) is 44.4 Å². The molecule has 1 aromatic carbocycles. The third-order valence-electron chi connectivity index (χ3n) is 6.36. The van der Waals surface area contributed by atoms with Crippen LogP contribution < -0.4 is 5.32 Å². The van der Waals surface area contributed by atoms with Crippen molar-refractivity contribution in [3.63, 3.8) is 0 Å². The van der Waals surface area contributed by atoms with Crippen LogP contribution in [0.25, 0.3) is 11.5 Å². The lowest BCUT2D eigenvalue weighted by molar-refractivity contribution is -0.141. The van der Waals surface area contributed by atoms with Gasteiger partial charge in [-0.05, 0) is 43.4 Å². The monoisotopic (exact) mass is 461 g/mol. The number of piperidine rings is 1. The number of oxazole rings is 1. The van der Waals surface area contributed by atoms with Gasteiger partial charge in [0.15, 0.2) is 5.69 Å². The van der Waals surface area contributed by atoms with Crippen LogP contribution in [0.5, 0.6) is 0 Å². The van der Waals surface area contributed by atoms with Crippen LogP contribution in [0, 0.1) is 11.7 Å². The minimum atomic E-state index is -4.57. The quantitative estimate of drug-likeness (QED) is 0.568. The zero-order valence-electron chi connectivity index (χ0n) is 17.3. The number of fused-ring (bicyclic) bond motifs is 2. The van der Waals surface area contributed by atoms with Gasteiger partial charge in [-0.3, -0.25) is 4.79 Å². The van der Waals surface area contributed by atoms with Crippen LogP contribution in [0.4, 0.5) is 23.4 Å². The van der Waals surface area contributed by atoms with Crippen LogP contribution in [0.3, 0.4) is 0 Å². The first-order valence-electron chi connectivity index (χ1n) is 10.4. The topological polar surface area (TPSA) is 84.2 Å². The van der Waals surface area contributed by atoms with E-state index < -0.39 is 23.2 Å². The molecule has 7 nitrogen and oxygen atoms in total. The number of alkyl halides is 3. The lowest BCUT2D eigenvalue weighted by atomic mass is 9.94. The third kappa shape index (κ3) is 3.91. The van der Waals surface area contributed by atoms with Crippen LogP contribution in [0.2, 0.25) is 0 Å². The number of halogens is 4. The summed E-state index contributed by atoms with van der Waals surface area (Å²) in [5.74, 6) is -0.190. The fourth-order valence-corrected chi connectivity index (χ4v) is 4.82. The van der Waals surface area contributed by atoms with Gasteiger partial charge in [-0.1, -0.05) is 0 Å². The first-order chi connectivity index (χ1) is 15.7. The fourth-order valence-electron chi connectivity index (χ4n) is 4.82. The van der Waals surface area contributed by atoms with Crippen molar-refractivity contribution in [1.29, 1.82) is 0 Å². The van der Waals surface area contributed by atoms with E-state index >= 15 is 0 Å². The summed E-state index contributed by atoms with van der Waals surface area (Å²) in [7, 11) is 0. The second kappa shape index (κ2) is 7.82. The molecule has 33 heavy (non-hydrogen) atoms. The van der Waals surface area contributed by atoms with Crippen LogP contribution in [0.1, 0.15) is 35.3 Å². The molecular formula is C22H19F4N5O2. The van der Waals surface area contributed by atoms with Gasteiger partial charge >= 0.3 is 6.18 Å². The maximum Gasteiger partial charge on any atom is 0.434 e. The molecule has 2 unspecified atom stereocenters. The Bertz CT molecular complexity index is 1170. The van der Waals surface area contributed by atoms with Crippen molar-refractivity contribution in [3.05, 3.63) is 60.1 Å². The number of nitrogens with zero attached hydrogens (tertiary/aromatic N) is 4. The van der Waals surface area contributed by atoms with Gasteiger partial charge in [0.25, 0.3) is 5.91 Å². The Hall–Kier alpha value is -3.50. The van der Waals surface area contributed by atoms with Gasteiger partial charge in [-0.2, -0.15) is 13.2 Å². The zero-order valence-corrected chi connectivity index (χ0v) is 17.3. The summed E-state index contributed by atoms with van der Waals surface area (Å²) >= 11 is 0. The van der Waals surface area contributed by atoms with E-state index in [1.54, 1.807) is 4.90 Å². The highest BCUT2D eigenvalue weighted by Gasteiger charge is 2.52. The number of likely N-dealkylation sites (tertiary alicyclic amines) is 1. The lowest BCUT2D eigenvalue weighted by Crippen LogP contribution is -2.52. The standard InChI is InChI=1S/C22H19F4N5O2/c23-14-1-2-15(19-27-5-6-33-19)16(7-14)20(32)31-11-13-3-4-21(31,8-13)12-30-18-10-28-17(9-29-18)22(24,25)26/h1-2,5-7,9-10,13H,3-4,8,11-12H2,(H,29,30). The average molecular weight is 461 g/mol. The summed E-state index contributed by atoms with van der Waals surface area (Å²) in [5, 5.41) is 3.03. The van der Waals surface area contributed by atoms with Gasteiger partial charge in [0.05, 0.1) is 35.3 Å². The summed E-state index contributed by atoms with van der Waals surface area (Å²) in [6, 6.07) is 3.88. The van der Waals surface area contributed by atoms with E-state index in [9.17, 15) is 22.4 Å². The predicted molar refractivity (Wildman–Crippen MR) is 109 cm³/mol. The lowest BCUT2D eigenvalue weighted by Gasteiger charge is -2.39. The second-order valence-electron chi connectivity index (χ2n) is 8.41. The molecule has 5 rings (SSSR count). The van der Waals surface area contributed by atoms with Crippen molar-refractivity contribution in [1.82, 2.24) is 19.9 Å². The van der Waals surface area contributed by atoms with Crippen molar-refractivity contribution < 1.29 is 26.8 Å². The summed E-state index contributed by atoms with van der Waals surface area (Å²) in [6.45, 7) is 0.805. The van der Waals surface area contributed by atoms with Crippen molar-refractivity contribution in [2.24, 2.45) is 5.92 Å². The Labute approximate surface area is 185 Å². The maximum atomic E-state index is 14.1. The molecule has 2 aromatic heterocycles. The molecule has 11 heteroatoms. The number of carbonyl (C=O) groups excluding carboxylic acids is 1. The number of benzene rings is 1. The van der Waals surface area contributed by atoms with Crippen molar-refractivity contribution >= 4 is 11.7 Å². The Morgan fingerprint density at radius 3 is 2.76 bits per heavy atom. The molecular weight excluding hydrogens is 442 g/mol. The largest absolute Gasteiger partial charge is 0.445 e. The molecule has 1 aliphatic heterocycles. The molecule has 2 fully saturated rings. The number of carbonyl (C=O) groups is 1. The summed E-state index contributed by atoms with van der Waals surface area (Å²) in [6.07, 6.45) is 2.34. The van der Waals surface area contributed by atoms with Crippen LogP contribution >= 0.6 is 0 Å². The number of rotatable bonds is 5. The highest BCUT2D eigenvalue weighted by molar-refractivity contribution is 6.00.